The Kier molecular flexibility index (Phi) is 6.03. The zero-order valence-corrected chi connectivity index (χ0v) is 17.9. The Labute approximate surface area is 177 Å². The standard InChI is InChI=1S/C21H27N5O3S/c1-25-10-12-26(13-11-25)20-17(5-3-9-22-20)15-23-21(27)16-4-2-6-19(14-16)30(28,29)24-18-7-8-18/h2-6,9,14,18,24H,7-8,10-13,15H2,1H3,(H,23,27). The molecule has 0 radical (unpaired) electrons. The van der Waals surface area contributed by atoms with Gasteiger partial charge in [-0.05, 0) is 44.2 Å². The highest BCUT2D eigenvalue weighted by Gasteiger charge is 2.28. The number of aromatic nitrogens is 1. The highest BCUT2D eigenvalue weighted by molar-refractivity contribution is 7.89. The van der Waals surface area contributed by atoms with Gasteiger partial charge in [0.05, 0.1) is 4.90 Å². The molecule has 30 heavy (non-hydrogen) atoms. The van der Waals surface area contributed by atoms with Gasteiger partial charge in [-0.3, -0.25) is 4.79 Å². The third-order valence-electron chi connectivity index (χ3n) is 5.42. The number of pyridine rings is 1. The number of hydrogen-bond acceptors (Lipinski definition) is 6. The van der Waals surface area contributed by atoms with Gasteiger partial charge < -0.3 is 15.1 Å². The Morgan fingerprint density at radius 1 is 1.13 bits per heavy atom. The molecule has 0 unspecified atom stereocenters. The Morgan fingerprint density at radius 3 is 2.63 bits per heavy atom. The molecule has 0 bridgehead atoms. The maximum Gasteiger partial charge on any atom is 0.251 e. The minimum atomic E-state index is -3.60. The number of anilines is 1. The van der Waals surface area contributed by atoms with Crippen molar-refractivity contribution < 1.29 is 13.2 Å². The van der Waals surface area contributed by atoms with Crippen LogP contribution >= 0.6 is 0 Å². The summed E-state index contributed by atoms with van der Waals surface area (Å²) < 4.78 is 27.5. The first-order valence-electron chi connectivity index (χ1n) is 10.2. The van der Waals surface area contributed by atoms with Gasteiger partial charge in [0.25, 0.3) is 5.91 Å². The van der Waals surface area contributed by atoms with Crippen LogP contribution in [-0.4, -0.2) is 63.5 Å². The van der Waals surface area contributed by atoms with Crippen LogP contribution in [0.25, 0.3) is 0 Å². The third kappa shape index (κ3) is 4.97. The molecular weight excluding hydrogens is 402 g/mol. The van der Waals surface area contributed by atoms with Gasteiger partial charge in [-0.15, -0.1) is 0 Å². The number of carbonyl (C=O) groups is 1. The van der Waals surface area contributed by atoms with Crippen molar-refractivity contribution in [2.75, 3.05) is 38.1 Å². The molecule has 1 saturated heterocycles. The number of nitrogens with zero attached hydrogens (tertiary/aromatic N) is 3. The second-order valence-electron chi connectivity index (χ2n) is 7.88. The van der Waals surface area contributed by atoms with Crippen LogP contribution in [0.3, 0.4) is 0 Å². The molecule has 1 amide bonds. The van der Waals surface area contributed by atoms with Crippen LogP contribution in [0.5, 0.6) is 0 Å². The molecule has 2 aliphatic rings. The predicted molar refractivity (Wildman–Crippen MR) is 115 cm³/mol. The fourth-order valence-corrected chi connectivity index (χ4v) is 4.79. The van der Waals surface area contributed by atoms with Gasteiger partial charge in [-0.1, -0.05) is 12.1 Å². The minimum absolute atomic E-state index is 0.0195. The first-order chi connectivity index (χ1) is 14.4. The number of carbonyl (C=O) groups excluding carboxylic acids is 1. The molecule has 1 saturated carbocycles. The molecule has 4 rings (SSSR count). The first-order valence-corrected chi connectivity index (χ1v) is 11.7. The lowest BCUT2D eigenvalue weighted by Gasteiger charge is -2.34. The number of sulfonamides is 1. The summed E-state index contributed by atoms with van der Waals surface area (Å²) in [5, 5.41) is 2.90. The van der Waals surface area contributed by atoms with Crippen LogP contribution in [0, 0.1) is 0 Å². The van der Waals surface area contributed by atoms with E-state index < -0.39 is 10.0 Å². The summed E-state index contributed by atoms with van der Waals surface area (Å²) in [6.45, 7) is 4.05. The highest BCUT2D eigenvalue weighted by atomic mass is 32.2. The summed E-state index contributed by atoms with van der Waals surface area (Å²) in [5.41, 5.74) is 1.26. The molecule has 0 atom stereocenters. The summed E-state index contributed by atoms with van der Waals surface area (Å²) in [7, 11) is -1.49. The summed E-state index contributed by atoms with van der Waals surface area (Å²) in [6, 6.07) is 9.98. The van der Waals surface area contributed by atoms with Crippen LogP contribution in [0.4, 0.5) is 5.82 Å². The molecule has 1 aromatic heterocycles. The predicted octanol–water partition coefficient (Wildman–Crippen LogP) is 1.20. The van der Waals surface area contributed by atoms with Crippen molar-refractivity contribution >= 4 is 21.7 Å². The average Bonchev–Trinajstić information content (AvgIpc) is 3.56. The minimum Gasteiger partial charge on any atom is -0.354 e. The molecule has 2 heterocycles. The zero-order valence-electron chi connectivity index (χ0n) is 17.0. The normalized spacial score (nSPS) is 17.7. The molecule has 8 nitrogen and oxygen atoms in total. The molecular formula is C21H27N5O3S. The van der Waals surface area contributed by atoms with Gasteiger partial charge in [0.2, 0.25) is 10.0 Å². The molecule has 9 heteroatoms. The van der Waals surface area contributed by atoms with Crippen molar-refractivity contribution in [3.63, 3.8) is 0 Å². The largest absolute Gasteiger partial charge is 0.354 e. The highest BCUT2D eigenvalue weighted by Crippen LogP contribution is 2.23. The molecule has 2 aromatic rings. The molecule has 1 aliphatic heterocycles. The van der Waals surface area contributed by atoms with Gasteiger partial charge in [0.15, 0.2) is 0 Å². The Hall–Kier alpha value is -2.49. The molecule has 0 spiro atoms. The van der Waals surface area contributed by atoms with Crippen LogP contribution in [0.2, 0.25) is 0 Å². The second-order valence-corrected chi connectivity index (χ2v) is 9.60. The summed E-state index contributed by atoms with van der Waals surface area (Å²) in [6.07, 6.45) is 3.49. The number of likely N-dealkylation sites (N-methyl/N-ethyl adjacent to an activating group) is 1. The monoisotopic (exact) mass is 429 g/mol. The van der Waals surface area contributed by atoms with E-state index in [1.807, 2.05) is 12.1 Å². The number of benzene rings is 1. The van der Waals surface area contributed by atoms with E-state index in [-0.39, 0.29) is 16.8 Å². The number of amides is 1. The van der Waals surface area contributed by atoms with E-state index in [2.05, 4.69) is 31.9 Å². The maximum atomic E-state index is 12.7. The molecule has 1 aliphatic carbocycles. The molecule has 2 fully saturated rings. The van der Waals surface area contributed by atoms with Crippen molar-refractivity contribution in [1.29, 1.82) is 0 Å². The van der Waals surface area contributed by atoms with E-state index in [4.69, 9.17) is 0 Å². The maximum absolute atomic E-state index is 12.7. The van der Waals surface area contributed by atoms with Gasteiger partial charge in [-0.25, -0.2) is 18.1 Å². The van der Waals surface area contributed by atoms with E-state index in [1.165, 1.54) is 12.1 Å². The van der Waals surface area contributed by atoms with Crippen molar-refractivity contribution in [1.82, 2.24) is 19.9 Å². The second kappa shape index (κ2) is 8.71. The Morgan fingerprint density at radius 2 is 1.90 bits per heavy atom. The van der Waals surface area contributed by atoms with Crippen LogP contribution in [-0.2, 0) is 16.6 Å². The lowest BCUT2D eigenvalue weighted by molar-refractivity contribution is 0.0950. The number of nitrogens with one attached hydrogen (secondary N) is 2. The molecule has 160 valence electrons. The Bertz CT molecular complexity index is 1010. The third-order valence-corrected chi connectivity index (χ3v) is 6.93. The lowest BCUT2D eigenvalue weighted by Crippen LogP contribution is -2.45. The van der Waals surface area contributed by atoms with Crippen molar-refractivity contribution in [3.05, 3.63) is 53.7 Å². The van der Waals surface area contributed by atoms with Crippen molar-refractivity contribution in [2.24, 2.45) is 0 Å². The van der Waals surface area contributed by atoms with E-state index >= 15 is 0 Å². The van der Waals surface area contributed by atoms with E-state index in [0.29, 0.717) is 12.1 Å². The van der Waals surface area contributed by atoms with E-state index in [1.54, 1.807) is 18.3 Å². The number of rotatable bonds is 7. The first kappa shape index (κ1) is 20.8. The van der Waals surface area contributed by atoms with Crippen molar-refractivity contribution in [2.45, 2.75) is 30.3 Å². The smallest absolute Gasteiger partial charge is 0.251 e. The SMILES string of the molecule is CN1CCN(c2ncccc2CNC(=O)c2cccc(S(=O)(=O)NC3CC3)c2)CC1. The lowest BCUT2D eigenvalue weighted by atomic mass is 10.2. The zero-order chi connectivity index (χ0) is 21.1. The van der Waals surface area contributed by atoms with E-state index in [0.717, 1.165) is 50.4 Å². The summed E-state index contributed by atoms with van der Waals surface area (Å²) >= 11 is 0. The fourth-order valence-electron chi connectivity index (χ4n) is 3.44. The average molecular weight is 430 g/mol. The van der Waals surface area contributed by atoms with Crippen LogP contribution < -0.4 is 14.9 Å². The molecule has 2 N–H and O–H groups in total. The molecule has 1 aromatic carbocycles. The van der Waals surface area contributed by atoms with Gasteiger partial charge in [0, 0.05) is 56.1 Å². The summed E-state index contributed by atoms with van der Waals surface area (Å²) in [5.74, 6) is 0.572. The van der Waals surface area contributed by atoms with Gasteiger partial charge in [0.1, 0.15) is 5.82 Å². The topological polar surface area (TPSA) is 94.6 Å². The Balaban J connectivity index is 1.44. The number of piperazine rings is 1. The number of hydrogen-bond donors (Lipinski definition) is 2. The quantitative estimate of drug-likeness (QED) is 0.687. The van der Waals surface area contributed by atoms with Gasteiger partial charge in [-0.2, -0.15) is 0 Å². The van der Waals surface area contributed by atoms with Crippen molar-refractivity contribution in [3.8, 4) is 0 Å². The van der Waals surface area contributed by atoms with Crippen LogP contribution in [0.15, 0.2) is 47.5 Å². The summed E-state index contributed by atoms with van der Waals surface area (Å²) in [4.78, 5) is 21.8. The van der Waals surface area contributed by atoms with Gasteiger partial charge >= 0.3 is 0 Å². The fraction of sp³-hybridized carbons (Fsp3) is 0.429. The van der Waals surface area contributed by atoms with Crippen LogP contribution in [0.1, 0.15) is 28.8 Å². The van der Waals surface area contributed by atoms with E-state index in [9.17, 15) is 13.2 Å².